The van der Waals surface area contributed by atoms with E-state index in [0.717, 1.165) is 24.1 Å². The molecular formula is C11H18N2OS. The van der Waals surface area contributed by atoms with Gasteiger partial charge in [0.1, 0.15) is 0 Å². The molecule has 3 fully saturated rings. The Labute approximate surface area is 95.9 Å². The molecule has 15 heavy (non-hydrogen) atoms. The molecule has 2 atom stereocenters. The number of rotatable bonds is 3. The van der Waals surface area contributed by atoms with Crippen LogP contribution in [0.2, 0.25) is 0 Å². The van der Waals surface area contributed by atoms with Gasteiger partial charge in [0.25, 0.3) is 0 Å². The molecule has 0 amide bonds. The molecule has 0 aromatic rings. The first kappa shape index (κ1) is 9.85. The first-order chi connectivity index (χ1) is 7.33. The van der Waals surface area contributed by atoms with Crippen molar-refractivity contribution in [3.63, 3.8) is 0 Å². The Balaban J connectivity index is 1.49. The van der Waals surface area contributed by atoms with Crippen LogP contribution in [0.15, 0.2) is 0 Å². The third-order valence-electron chi connectivity index (χ3n) is 3.45. The Morgan fingerprint density at radius 3 is 2.53 bits per heavy atom. The van der Waals surface area contributed by atoms with Crippen molar-refractivity contribution < 1.29 is 4.74 Å². The van der Waals surface area contributed by atoms with Gasteiger partial charge in [-0.05, 0) is 50.2 Å². The lowest BCUT2D eigenvalue weighted by Gasteiger charge is -2.21. The lowest BCUT2D eigenvalue weighted by atomic mass is 10.1. The van der Waals surface area contributed by atoms with Gasteiger partial charge in [0.05, 0.1) is 12.1 Å². The highest BCUT2D eigenvalue weighted by Gasteiger charge is 2.41. The van der Waals surface area contributed by atoms with Gasteiger partial charge in [-0.3, -0.25) is 0 Å². The maximum absolute atomic E-state index is 5.76. The normalized spacial score (nSPS) is 35.2. The molecule has 1 saturated heterocycles. The van der Waals surface area contributed by atoms with E-state index in [-0.39, 0.29) is 0 Å². The lowest BCUT2D eigenvalue weighted by Crippen LogP contribution is -2.46. The summed E-state index contributed by atoms with van der Waals surface area (Å²) in [5, 5.41) is 7.57. The number of thiocarbonyl (C=S) groups is 1. The van der Waals surface area contributed by atoms with Gasteiger partial charge in [-0.2, -0.15) is 0 Å². The van der Waals surface area contributed by atoms with Crippen molar-refractivity contribution in [2.75, 3.05) is 6.61 Å². The second kappa shape index (κ2) is 3.91. The molecule has 3 nitrogen and oxygen atoms in total. The minimum absolute atomic E-state index is 0.420. The van der Waals surface area contributed by atoms with Crippen molar-refractivity contribution in [2.45, 2.75) is 50.3 Å². The van der Waals surface area contributed by atoms with Crippen LogP contribution in [0.4, 0.5) is 0 Å². The third-order valence-corrected chi connectivity index (χ3v) is 3.69. The van der Waals surface area contributed by atoms with E-state index in [9.17, 15) is 0 Å². The minimum atomic E-state index is 0.420. The van der Waals surface area contributed by atoms with Crippen molar-refractivity contribution in [1.29, 1.82) is 0 Å². The van der Waals surface area contributed by atoms with E-state index in [1.165, 1.54) is 25.7 Å². The summed E-state index contributed by atoms with van der Waals surface area (Å²) < 4.78 is 5.76. The fourth-order valence-electron chi connectivity index (χ4n) is 2.28. The van der Waals surface area contributed by atoms with Crippen molar-refractivity contribution in [1.82, 2.24) is 10.6 Å². The van der Waals surface area contributed by atoms with Crippen LogP contribution < -0.4 is 10.6 Å². The Morgan fingerprint density at radius 2 is 1.87 bits per heavy atom. The summed E-state index contributed by atoms with van der Waals surface area (Å²) in [7, 11) is 0. The average Bonchev–Trinajstić information content (AvgIpc) is 3.10. The lowest BCUT2D eigenvalue weighted by molar-refractivity contribution is 0.0842. The third kappa shape index (κ3) is 2.42. The molecule has 3 rings (SSSR count). The first-order valence-corrected chi connectivity index (χ1v) is 6.42. The van der Waals surface area contributed by atoms with E-state index in [1.54, 1.807) is 0 Å². The molecule has 1 heterocycles. The van der Waals surface area contributed by atoms with Crippen LogP contribution in [-0.4, -0.2) is 29.9 Å². The van der Waals surface area contributed by atoms with Crippen molar-refractivity contribution in [3.05, 3.63) is 0 Å². The number of hydrogen-bond donors (Lipinski definition) is 2. The SMILES string of the molecule is S=C(NC1CC1)NC1CCOC1C1CC1. The molecule has 2 saturated carbocycles. The number of hydrogen-bond acceptors (Lipinski definition) is 2. The maximum Gasteiger partial charge on any atom is 0.166 e. The summed E-state index contributed by atoms with van der Waals surface area (Å²) in [6.07, 6.45) is 6.75. The van der Waals surface area contributed by atoms with Gasteiger partial charge < -0.3 is 15.4 Å². The van der Waals surface area contributed by atoms with E-state index in [0.29, 0.717) is 18.2 Å². The zero-order valence-corrected chi connectivity index (χ0v) is 9.69. The summed E-state index contributed by atoms with van der Waals surface area (Å²) in [5.41, 5.74) is 0. The monoisotopic (exact) mass is 226 g/mol. The molecule has 2 aliphatic carbocycles. The summed E-state index contributed by atoms with van der Waals surface area (Å²) in [6.45, 7) is 0.894. The Bertz CT molecular complexity index is 263. The second-order valence-electron chi connectivity index (χ2n) is 4.96. The molecule has 84 valence electrons. The van der Waals surface area contributed by atoms with Crippen molar-refractivity contribution in [2.24, 2.45) is 5.92 Å². The fourth-order valence-corrected chi connectivity index (χ4v) is 2.60. The van der Waals surface area contributed by atoms with Gasteiger partial charge in [-0.15, -0.1) is 0 Å². The highest BCUT2D eigenvalue weighted by Crippen LogP contribution is 2.38. The zero-order chi connectivity index (χ0) is 10.3. The summed E-state index contributed by atoms with van der Waals surface area (Å²) >= 11 is 5.29. The van der Waals surface area contributed by atoms with Crippen LogP contribution in [0, 0.1) is 5.92 Å². The Morgan fingerprint density at radius 1 is 1.07 bits per heavy atom. The summed E-state index contributed by atoms with van der Waals surface area (Å²) in [6, 6.07) is 1.10. The van der Waals surface area contributed by atoms with Crippen molar-refractivity contribution in [3.8, 4) is 0 Å². The standard InChI is InChI=1S/C11H18N2OS/c15-11(12-8-3-4-8)13-9-5-6-14-10(9)7-1-2-7/h7-10H,1-6H2,(H2,12,13,15). The van der Waals surface area contributed by atoms with Crippen LogP contribution in [-0.2, 0) is 4.74 Å². The minimum Gasteiger partial charge on any atom is -0.376 e. The summed E-state index contributed by atoms with van der Waals surface area (Å²) in [5.74, 6) is 0.800. The second-order valence-corrected chi connectivity index (χ2v) is 5.37. The van der Waals surface area contributed by atoms with Crippen LogP contribution in [0.25, 0.3) is 0 Å². The Kier molecular flexibility index (Phi) is 2.56. The Hall–Kier alpha value is -0.350. The largest absolute Gasteiger partial charge is 0.376 e. The van der Waals surface area contributed by atoms with Crippen LogP contribution in [0.5, 0.6) is 0 Å². The van der Waals surface area contributed by atoms with E-state index in [2.05, 4.69) is 10.6 Å². The molecule has 1 aliphatic heterocycles. The highest BCUT2D eigenvalue weighted by molar-refractivity contribution is 7.80. The fraction of sp³-hybridized carbons (Fsp3) is 0.909. The maximum atomic E-state index is 5.76. The van der Waals surface area contributed by atoms with Crippen LogP contribution >= 0.6 is 12.2 Å². The smallest absolute Gasteiger partial charge is 0.166 e. The molecule has 0 bridgehead atoms. The predicted molar refractivity (Wildman–Crippen MR) is 62.8 cm³/mol. The van der Waals surface area contributed by atoms with E-state index in [1.807, 2.05) is 0 Å². The van der Waals surface area contributed by atoms with Gasteiger partial charge in [-0.1, -0.05) is 0 Å². The van der Waals surface area contributed by atoms with Gasteiger partial charge in [-0.25, -0.2) is 0 Å². The average molecular weight is 226 g/mol. The highest BCUT2D eigenvalue weighted by atomic mass is 32.1. The van der Waals surface area contributed by atoms with Gasteiger partial charge >= 0.3 is 0 Å². The molecule has 0 aromatic carbocycles. The van der Waals surface area contributed by atoms with Crippen LogP contribution in [0.3, 0.4) is 0 Å². The number of nitrogens with one attached hydrogen (secondary N) is 2. The van der Waals surface area contributed by atoms with E-state index in [4.69, 9.17) is 17.0 Å². The molecule has 2 N–H and O–H groups in total. The van der Waals surface area contributed by atoms with Crippen LogP contribution in [0.1, 0.15) is 32.1 Å². The molecule has 4 heteroatoms. The van der Waals surface area contributed by atoms with Gasteiger partial charge in [0.15, 0.2) is 5.11 Å². The van der Waals surface area contributed by atoms with Crippen molar-refractivity contribution >= 4 is 17.3 Å². The van der Waals surface area contributed by atoms with Gasteiger partial charge in [0, 0.05) is 12.6 Å². The summed E-state index contributed by atoms with van der Waals surface area (Å²) in [4.78, 5) is 0. The van der Waals surface area contributed by atoms with Gasteiger partial charge in [0.2, 0.25) is 0 Å². The number of ether oxygens (including phenoxy) is 1. The molecule has 2 unspecified atom stereocenters. The molecule has 0 spiro atoms. The predicted octanol–water partition coefficient (Wildman–Crippen LogP) is 1.18. The topological polar surface area (TPSA) is 33.3 Å². The quantitative estimate of drug-likeness (QED) is 0.708. The first-order valence-electron chi connectivity index (χ1n) is 6.01. The van der Waals surface area contributed by atoms with E-state index >= 15 is 0 Å². The molecular weight excluding hydrogens is 208 g/mol. The zero-order valence-electron chi connectivity index (χ0n) is 8.87. The molecule has 0 aromatic heterocycles. The molecule has 3 aliphatic rings. The van der Waals surface area contributed by atoms with E-state index < -0.39 is 0 Å². The molecule has 0 radical (unpaired) electrons.